The molecule has 3 heteroatoms. The molecular weight excluding hydrogens is 212 g/mol. The number of methoxy groups -OCH3 is 1. The Morgan fingerprint density at radius 3 is 2.71 bits per heavy atom. The van der Waals surface area contributed by atoms with E-state index >= 15 is 0 Å². The fourth-order valence-corrected chi connectivity index (χ4v) is 2.26. The molecule has 3 nitrogen and oxygen atoms in total. The van der Waals surface area contributed by atoms with E-state index in [1.54, 1.807) is 7.11 Å². The summed E-state index contributed by atoms with van der Waals surface area (Å²) in [4.78, 5) is 0. The topological polar surface area (TPSA) is 33.3 Å². The van der Waals surface area contributed by atoms with Gasteiger partial charge in [-0.25, -0.2) is 0 Å². The number of rotatable bonds is 3. The van der Waals surface area contributed by atoms with E-state index < -0.39 is 0 Å². The molecule has 0 radical (unpaired) electrons. The molecule has 1 saturated heterocycles. The van der Waals surface area contributed by atoms with Gasteiger partial charge >= 0.3 is 0 Å². The summed E-state index contributed by atoms with van der Waals surface area (Å²) in [5, 5.41) is 6.95. The summed E-state index contributed by atoms with van der Waals surface area (Å²) in [6.07, 6.45) is 0. The number of benzene rings is 1. The molecule has 94 valence electrons. The lowest BCUT2D eigenvalue weighted by atomic mass is 9.96. The third kappa shape index (κ3) is 2.79. The average molecular weight is 234 g/mol. The zero-order chi connectivity index (χ0) is 12.3. The smallest absolute Gasteiger partial charge is 0.123 e. The first-order valence-corrected chi connectivity index (χ1v) is 6.34. The van der Waals surface area contributed by atoms with Crippen LogP contribution in [0.1, 0.15) is 36.9 Å². The second kappa shape index (κ2) is 5.52. The molecule has 2 N–H and O–H groups in total. The van der Waals surface area contributed by atoms with Crippen LogP contribution in [0.4, 0.5) is 0 Å². The second-order valence-electron chi connectivity index (χ2n) is 4.87. The molecule has 0 saturated carbocycles. The van der Waals surface area contributed by atoms with Gasteiger partial charge in [0.2, 0.25) is 0 Å². The number of nitrogens with one attached hydrogen (secondary N) is 2. The van der Waals surface area contributed by atoms with Crippen molar-refractivity contribution in [2.75, 3.05) is 26.7 Å². The average Bonchev–Trinajstić information content (AvgIpc) is 2.39. The van der Waals surface area contributed by atoms with Crippen LogP contribution >= 0.6 is 0 Å². The molecule has 1 heterocycles. The van der Waals surface area contributed by atoms with Gasteiger partial charge in [-0.05, 0) is 17.5 Å². The Morgan fingerprint density at radius 1 is 1.29 bits per heavy atom. The van der Waals surface area contributed by atoms with E-state index in [2.05, 4.69) is 42.7 Å². The summed E-state index contributed by atoms with van der Waals surface area (Å²) in [5.41, 5.74) is 2.64. The third-order valence-electron chi connectivity index (χ3n) is 3.34. The van der Waals surface area contributed by atoms with E-state index in [0.29, 0.717) is 12.0 Å². The van der Waals surface area contributed by atoms with Gasteiger partial charge in [-0.2, -0.15) is 0 Å². The highest BCUT2D eigenvalue weighted by Crippen LogP contribution is 2.29. The molecule has 1 fully saturated rings. The summed E-state index contributed by atoms with van der Waals surface area (Å²) in [6, 6.07) is 6.87. The Kier molecular flexibility index (Phi) is 4.02. The fraction of sp³-hybridized carbons (Fsp3) is 0.571. The first kappa shape index (κ1) is 12.4. The van der Waals surface area contributed by atoms with Crippen molar-refractivity contribution in [3.8, 4) is 5.75 Å². The minimum Gasteiger partial charge on any atom is -0.496 e. The van der Waals surface area contributed by atoms with Crippen molar-refractivity contribution in [1.82, 2.24) is 10.6 Å². The highest BCUT2D eigenvalue weighted by molar-refractivity contribution is 5.40. The maximum atomic E-state index is 5.47. The van der Waals surface area contributed by atoms with Gasteiger partial charge in [0.15, 0.2) is 0 Å². The summed E-state index contributed by atoms with van der Waals surface area (Å²) in [5.74, 6) is 1.53. The largest absolute Gasteiger partial charge is 0.496 e. The van der Waals surface area contributed by atoms with Crippen LogP contribution in [0.15, 0.2) is 18.2 Å². The molecule has 0 amide bonds. The maximum Gasteiger partial charge on any atom is 0.123 e. The van der Waals surface area contributed by atoms with Gasteiger partial charge in [0.05, 0.1) is 7.11 Å². The Hall–Kier alpha value is -1.06. The van der Waals surface area contributed by atoms with E-state index in [1.807, 2.05) is 0 Å². The Balaban J connectivity index is 2.30. The van der Waals surface area contributed by atoms with Crippen LogP contribution in [-0.2, 0) is 0 Å². The van der Waals surface area contributed by atoms with Crippen molar-refractivity contribution in [1.29, 1.82) is 0 Å². The monoisotopic (exact) mass is 234 g/mol. The molecule has 1 aliphatic heterocycles. The van der Waals surface area contributed by atoms with Gasteiger partial charge in [-0.15, -0.1) is 0 Å². The molecular formula is C14H22N2O. The van der Waals surface area contributed by atoms with Crippen LogP contribution in [0, 0.1) is 0 Å². The number of ether oxygens (including phenoxy) is 1. The predicted molar refractivity (Wildman–Crippen MR) is 70.7 cm³/mol. The van der Waals surface area contributed by atoms with Gasteiger partial charge in [0, 0.05) is 31.2 Å². The lowest BCUT2D eigenvalue weighted by Crippen LogP contribution is -2.42. The van der Waals surface area contributed by atoms with Crippen LogP contribution in [0.3, 0.4) is 0 Å². The van der Waals surface area contributed by atoms with E-state index in [-0.39, 0.29) is 0 Å². The first-order valence-electron chi connectivity index (χ1n) is 6.34. The molecule has 0 spiro atoms. The minimum absolute atomic E-state index is 0.359. The maximum absolute atomic E-state index is 5.47. The molecule has 1 aromatic carbocycles. The van der Waals surface area contributed by atoms with Crippen LogP contribution in [0.25, 0.3) is 0 Å². The Labute approximate surface area is 104 Å². The van der Waals surface area contributed by atoms with E-state index in [9.17, 15) is 0 Å². The van der Waals surface area contributed by atoms with E-state index in [0.717, 1.165) is 25.4 Å². The predicted octanol–water partition coefficient (Wildman–Crippen LogP) is 2.05. The molecule has 17 heavy (non-hydrogen) atoms. The third-order valence-corrected chi connectivity index (χ3v) is 3.34. The van der Waals surface area contributed by atoms with Gasteiger partial charge in [-0.1, -0.05) is 26.0 Å². The summed E-state index contributed by atoms with van der Waals surface area (Å²) >= 11 is 0. The minimum atomic E-state index is 0.359. The molecule has 0 aliphatic carbocycles. The van der Waals surface area contributed by atoms with Crippen LogP contribution < -0.4 is 15.4 Å². The zero-order valence-electron chi connectivity index (χ0n) is 10.9. The number of piperazine rings is 1. The molecule has 1 atom stereocenters. The molecule has 0 aromatic heterocycles. The number of hydrogen-bond acceptors (Lipinski definition) is 3. The van der Waals surface area contributed by atoms with Gasteiger partial charge in [0.25, 0.3) is 0 Å². The van der Waals surface area contributed by atoms with Crippen molar-refractivity contribution in [3.63, 3.8) is 0 Å². The molecule has 2 rings (SSSR count). The molecule has 0 unspecified atom stereocenters. The highest BCUT2D eigenvalue weighted by atomic mass is 16.5. The lowest BCUT2D eigenvalue weighted by Gasteiger charge is -2.27. The first-order chi connectivity index (χ1) is 8.22. The Morgan fingerprint density at radius 2 is 2.12 bits per heavy atom. The van der Waals surface area contributed by atoms with E-state index in [4.69, 9.17) is 4.74 Å². The highest BCUT2D eigenvalue weighted by Gasteiger charge is 2.19. The van der Waals surface area contributed by atoms with E-state index in [1.165, 1.54) is 11.1 Å². The van der Waals surface area contributed by atoms with Crippen LogP contribution in [0.2, 0.25) is 0 Å². The van der Waals surface area contributed by atoms with Crippen molar-refractivity contribution in [3.05, 3.63) is 29.3 Å². The van der Waals surface area contributed by atoms with Crippen molar-refractivity contribution in [2.24, 2.45) is 0 Å². The van der Waals surface area contributed by atoms with Crippen molar-refractivity contribution in [2.45, 2.75) is 25.8 Å². The number of hydrogen-bond donors (Lipinski definition) is 2. The zero-order valence-corrected chi connectivity index (χ0v) is 10.9. The molecule has 1 aromatic rings. The molecule has 0 bridgehead atoms. The summed E-state index contributed by atoms with van der Waals surface area (Å²) < 4.78 is 5.47. The quantitative estimate of drug-likeness (QED) is 0.840. The van der Waals surface area contributed by atoms with Crippen LogP contribution in [0.5, 0.6) is 5.75 Å². The normalized spacial score (nSPS) is 20.6. The van der Waals surface area contributed by atoms with Crippen molar-refractivity contribution >= 4 is 0 Å². The summed E-state index contributed by atoms with van der Waals surface area (Å²) in [6.45, 7) is 7.47. The second-order valence-corrected chi connectivity index (χ2v) is 4.87. The SMILES string of the molecule is COc1ccc(C(C)C)cc1[C@H]1CNCCN1. The molecule has 1 aliphatic rings. The lowest BCUT2D eigenvalue weighted by molar-refractivity contribution is 0.381. The fourth-order valence-electron chi connectivity index (χ4n) is 2.26. The van der Waals surface area contributed by atoms with Gasteiger partial charge < -0.3 is 15.4 Å². The van der Waals surface area contributed by atoms with Crippen molar-refractivity contribution < 1.29 is 4.74 Å². The van der Waals surface area contributed by atoms with Gasteiger partial charge in [-0.3, -0.25) is 0 Å². The Bertz CT molecular complexity index is 370. The summed E-state index contributed by atoms with van der Waals surface area (Å²) in [7, 11) is 1.74. The standard InChI is InChI=1S/C14H22N2O/c1-10(2)11-4-5-14(17-3)12(8-11)13-9-15-6-7-16-13/h4-5,8,10,13,15-16H,6-7,9H2,1-3H3/t13-/m1/s1. The van der Waals surface area contributed by atoms with Crippen LogP contribution in [-0.4, -0.2) is 26.7 Å². The van der Waals surface area contributed by atoms with Gasteiger partial charge in [0.1, 0.15) is 5.75 Å².